The minimum absolute atomic E-state index is 0.267. The number of hydrogen-bond acceptors (Lipinski definition) is 3. The van der Waals surface area contributed by atoms with Gasteiger partial charge in [0.2, 0.25) is 0 Å². The van der Waals surface area contributed by atoms with Gasteiger partial charge < -0.3 is 10.4 Å². The molecular formula is C11H26N2O. The highest BCUT2D eigenvalue weighted by Gasteiger charge is 2.13. The van der Waals surface area contributed by atoms with Crippen LogP contribution in [-0.2, 0) is 0 Å². The molecule has 0 aromatic heterocycles. The van der Waals surface area contributed by atoms with Crippen LogP contribution >= 0.6 is 0 Å². The lowest BCUT2D eigenvalue weighted by Crippen LogP contribution is -2.43. The van der Waals surface area contributed by atoms with Crippen molar-refractivity contribution in [2.75, 3.05) is 26.7 Å². The minimum Gasteiger partial charge on any atom is -0.396 e. The number of aliphatic hydroxyl groups excluding tert-OH is 1. The van der Waals surface area contributed by atoms with Crippen molar-refractivity contribution in [2.24, 2.45) is 0 Å². The number of hydrogen-bond donors (Lipinski definition) is 2. The maximum atomic E-state index is 8.89. The molecule has 1 atom stereocenters. The van der Waals surface area contributed by atoms with Crippen LogP contribution in [0.4, 0.5) is 0 Å². The quantitative estimate of drug-likeness (QED) is 0.618. The number of nitrogens with one attached hydrogen (secondary N) is 1. The smallest absolute Gasteiger partial charge is 0.0446 e. The van der Waals surface area contributed by atoms with E-state index in [2.05, 4.69) is 31.0 Å². The van der Waals surface area contributed by atoms with Crippen molar-refractivity contribution in [1.82, 2.24) is 10.2 Å². The van der Waals surface area contributed by atoms with Crippen LogP contribution in [0.1, 0.15) is 33.6 Å². The van der Waals surface area contributed by atoms with Crippen LogP contribution in [0.25, 0.3) is 0 Å². The van der Waals surface area contributed by atoms with E-state index < -0.39 is 0 Å². The van der Waals surface area contributed by atoms with E-state index >= 15 is 0 Å². The summed E-state index contributed by atoms with van der Waals surface area (Å²) >= 11 is 0. The summed E-state index contributed by atoms with van der Waals surface area (Å²) < 4.78 is 0. The molecule has 0 saturated heterocycles. The summed E-state index contributed by atoms with van der Waals surface area (Å²) in [5, 5.41) is 12.1. The van der Waals surface area contributed by atoms with Crippen LogP contribution in [-0.4, -0.2) is 48.8 Å². The second kappa shape index (κ2) is 8.21. The second-order valence-corrected chi connectivity index (χ2v) is 4.09. The summed E-state index contributed by atoms with van der Waals surface area (Å²) in [6.07, 6.45) is 2.02. The highest BCUT2D eigenvalue weighted by atomic mass is 16.3. The van der Waals surface area contributed by atoms with Crippen LogP contribution in [0.5, 0.6) is 0 Å². The molecule has 0 aromatic rings. The summed E-state index contributed by atoms with van der Waals surface area (Å²) in [6.45, 7) is 9.09. The Bertz CT molecular complexity index is 128. The van der Waals surface area contributed by atoms with E-state index in [4.69, 9.17) is 5.11 Å². The van der Waals surface area contributed by atoms with Gasteiger partial charge in [-0.1, -0.05) is 6.92 Å². The highest BCUT2D eigenvalue weighted by molar-refractivity contribution is 4.72. The first-order valence-corrected chi connectivity index (χ1v) is 5.67. The Morgan fingerprint density at radius 1 is 1.36 bits per heavy atom. The van der Waals surface area contributed by atoms with E-state index in [1.807, 2.05) is 7.05 Å². The molecule has 3 nitrogen and oxygen atoms in total. The minimum atomic E-state index is 0.267. The van der Waals surface area contributed by atoms with E-state index in [1.54, 1.807) is 0 Å². The van der Waals surface area contributed by atoms with Crippen molar-refractivity contribution in [3.63, 3.8) is 0 Å². The zero-order valence-corrected chi connectivity index (χ0v) is 10.1. The molecule has 0 aromatic carbocycles. The lowest BCUT2D eigenvalue weighted by molar-refractivity contribution is 0.181. The summed E-state index contributed by atoms with van der Waals surface area (Å²) in [5.74, 6) is 0. The van der Waals surface area contributed by atoms with Gasteiger partial charge >= 0.3 is 0 Å². The van der Waals surface area contributed by atoms with Crippen LogP contribution in [0.3, 0.4) is 0 Å². The van der Waals surface area contributed by atoms with Gasteiger partial charge in [-0.3, -0.25) is 4.90 Å². The molecule has 0 fully saturated rings. The topological polar surface area (TPSA) is 35.5 Å². The number of likely N-dealkylation sites (N-methyl/N-ethyl adjacent to an activating group) is 1. The van der Waals surface area contributed by atoms with Crippen LogP contribution in [0, 0.1) is 0 Å². The molecule has 0 bridgehead atoms. The van der Waals surface area contributed by atoms with Crippen LogP contribution < -0.4 is 5.32 Å². The Morgan fingerprint density at radius 2 is 2.00 bits per heavy atom. The monoisotopic (exact) mass is 202 g/mol. The first kappa shape index (κ1) is 13.9. The van der Waals surface area contributed by atoms with Gasteiger partial charge in [-0.2, -0.15) is 0 Å². The molecule has 0 spiro atoms. The fourth-order valence-electron chi connectivity index (χ4n) is 1.61. The number of rotatable bonds is 8. The normalized spacial score (nSPS) is 13.9. The molecule has 0 aliphatic carbocycles. The predicted molar refractivity (Wildman–Crippen MR) is 61.6 cm³/mol. The molecule has 0 amide bonds. The van der Waals surface area contributed by atoms with E-state index in [0.29, 0.717) is 12.1 Å². The fourth-order valence-corrected chi connectivity index (χ4v) is 1.61. The first-order valence-electron chi connectivity index (χ1n) is 5.67. The average molecular weight is 202 g/mol. The highest BCUT2D eigenvalue weighted by Crippen LogP contribution is 2.03. The van der Waals surface area contributed by atoms with Gasteiger partial charge in [0.1, 0.15) is 0 Å². The molecular weight excluding hydrogens is 176 g/mol. The summed E-state index contributed by atoms with van der Waals surface area (Å²) in [4.78, 5) is 2.46. The molecule has 0 aliphatic rings. The van der Waals surface area contributed by atoms with Crippen LogP contribution in [0.2, 0.25) is 0 Å². The maximum Gasteiger partial charge on any atom is 0.0446 e. The maximum absolute atomic E-state index is 8.89. The molecule has 0 radical (unpaired) electrons. The van der Waals surface area contributed by atoms with Crippen molar-refractivity contribution in [1.29, 1.82) is 0 Å². The van der Waals surface area contributed by atoms with Gasteiger partial charge in [0.05, 0.1) is 0 Å². The average Bonchev–Trinajstić information content (AvgIpc) is 2.15. The van der Waals surface area contributed by atoms with E-state index in [9.17, 15) is 0 Å². The van der Waals surface area contributed by atoms with Crippen molar-refractivity contribution in [3.8, 4) is 0 Å². The van der Waals surface area contributed by atoms with Crippen molar-refractivity contribution >= 4 is 0 Å². The molecule has 2 N–H and O–H groups in total. The first-order chi connectivity index (χ1) is 6.65. The molecule has 14 heavy (non-hydrogen) atoms. The molecule has 3 heteroatoms. The lowest BCUT2D eigenvalue weighted by Gasteiger charge is -2.30. The SMILES string of the molecule is CCCN(CC(CCO)NC)C(C)C. The van der Waals surface area contributed by atoms with Crippen molar-refractivity contribution in [2.45, 2.75) is 45.7 Å². The summed E-state index contributed by atoms with van der Waals surface area (Å²) in [6, 6.07) is 0.999. The predicted octanol–water partition coefficient (Wildman–Crippen LogP) is 1.08. The summed E-state index contributed by atoms with van der Waals surface area (Å²) in [5.41, 5.74) is 0. The van der Waals surface area contributed by atoms with Gasteiger partial charge in [0.25, 0.3) is 0 Å². The fraction of sp³-hybridized carbons (Fsp3) is 1.00. The van der Waals surface area contributed by atoms with Crippen molar-refractivity contribution in [3.05, 3.63) is 0 Å². The molecule has 0 aliphatic heterocycles. The Balaban J connectivity index is 3.97. The van der Waals surface area contributed by atoms with E-state index in [0.717, 1.165) is 19.5 Å². The molecule has 0 heterocycles. The van der Waals surface area contributed by atoms with Gasteiger partial charge in [0, 0.05) is 25.2 Å². The zero-order valence-electron chi connectivity index (χ0n) is 10.1. The van der Waals surface area contributed by atoms with Gasteiger partial charge in [-0.15, -0.1) is 0 Å². The van der Waals surface area contributed by atoms with Crippen molar-refractivity contribution < 1.29 is 5.11 Å². The third-order valence-corrected chi connectivity index (χ3v) is 2.58. The second-order valence-electron chi connectivity index (χ2n) is 4.09. The van der Waals surface area contributed by atoms with Crippen LogP contribution in [0.15, 0.2) is 0 Å². The van der Waals surface area contributed by atoms with Gasteiger partial charge in [0.15, 0.2) is 0 Å². The number of aliphatic hydroxyl groups is 1. The lowest BCUT2D eigenvalue weighted by atomic mass is 10.1. The third-order valence-electron chi connectivity index (χ3n) is 2.58. The Hall–Kier alpha value is -0.120. The molecule has 86 valence electrons. The number of nitrogens with zero attached hydrogens (tertiary/aromatic N) is 1. The van der Waals surface area contributed by atoms with Gasteiger partial charge in [-0.25, -0.2) is 0 Å². The Morgan fingerprint density at radius 3 is 2.36 bits per heavy atom. The Labute approximate surface area is 88.5 Å². The zero-order chi connectivity index (χ0) is 11.0. The summed E-state index contributed by atoms with van der Waals surface area (Å²) in [7, 11) is 1.96. The molecule has 0 saturated carbocycles. The van der Waals surface area contributed by atoms with Gasteiger partial charge in [-0.05, 0) is 40.3 Å². The largest absolute Gasteiger partial charge is 0.396 e. The Kier molecular flexibility index (Phi) is 8.14. The molecule has 1 unspecified atom stereocenters. The van der Waals surface area contributed by atoms with E-state index in [-0.39, 0.29) is 6.61 Å². The third kappa shape index (κ3) is 5.58. The standard InChI is InChI=1S/C11H26N2O/c1-5-7-13(10(2)3)9-11(12-4)6-8-14/h10-12,14H,5-9H2,1-4H3. The molecule has 0 rings (SSSR count). The van der Waals surface area contributed by atoms with E-state index in [1.165, 1.54) is 6.42 Å².